The summed E-state index contributed by atoms with van der Waals surface area (Å²) in [6, 6.07) is 39.8. The molecule has 5 aromatic carbocycles. The van der Waals surface area contributed by atoms with Gasteiger partial charge in [0.25, 0.3) is 0 Å². The van der Waals surface area contributed by atoms with Gasteiger partial charge in [-0.05, 0) is 76.9 Å². The third-order valence-corrected chi connectivity index (χ3v) is 7.74. The summed E-state index contributed by atoms with van der Waals surface area (Å²) >= 11 is 6.06. The van der Waals surface area contributed by atoms with Crippen LogP contribution in [0.5, 0.6) is 11.5 Å². The van der Waals surface area contributed by atoms with E-state index in [1.165, 1.54) is 12.1 Å². The van der Waals surface area contributed by atoms with E-state index in [9.17, 15) is 9.18 Å². The molecular formula is C37H30ClFN2O2. The number of rotatable bonds is 10. The number of carbonyl (C=O) groups is 1. The third-order valence-electron chi connectivity index (χ3n) is 7.49. The first-order chi connectivity index (χ1) is 21.0. The van der Waals surface area contributed by atoms with Crippen molar-refractivity contribution in [2.75, 3.05) is 0 Å². The number of nitrogens with one attached hydrogen (secondary N) is 1. The van der Waals surface area contributed by atoms with Crippen molar-refractivity contribution in [3.8, 4) is 11.5 Å². The predicted molar refractivity (Wildman–Crippen MR) is 170 cm³/mol. The molecule has 0 aliphatic rings. The summed E-state index contributed by atoms with van der Waals surface area (Å²) in [7, 11) is 0. The monoisotopic (exact) mass is 588 g/mol. The number of hydrogen-bond acceptors (Lipinski definition) is 2. The normalized spacial score (nSPS) is 11.8. The quantitative estimate of drug-likeness (QED) is 0.173. The van der Waals surface area contributed by atoms with Gasteiger partial charge in [-0.1, -0.05) is 84.4 Å². The highest BCUT2D eigenvalue weighted by Gasteiger charge is 2.23. The number of fused-ring (bicyclic) bond motifs is 1. The third kappa shape index (κ3) is 6.96. The van der Waals surface area contributed by atoms with Crippen LogP contribution in [-0.4, -0.2) is 10.5 Å². The summed E-state index contributed by atoms with van der Waals surface area (Å²) in [6.07, 6.45) is 2.37. The lowest BCUT2D eigenvalue weighted by Crippen LogP contribution is -2.25. The Morgan fingerprint density at radius 1 is 0.791 bits per heavy atom. The van der Waals surface area contributed by atoms with Crippen LogP contribution in [-0.2, 0) is 17.9 Å². The number of ether oxygens (including phenoxy) is 1. The van der Waals surface area contributed by atoms with Crippen molar-refractivity contribution in [2.45, 2.75) is 25.4 Å². The van der Waals surface area contributed by atoms with Crippen LogP contribution in [0.1, 0.15) is 34.6 Å². The molecule has 43 heavy (non-hydrogen) atoms. The van der Waals surface area contributed by atoms with Crippen LogP contribution in [0.15, 0.2) is 134 Å². The van der Waals surface area contributed by atoms with Crippen molar-refractivity contribution in [3.63, 3.8) is 0 Å². The number of halogens is 2. The van der Waals surface area contributed by atoms with Gasteiger partial charge in [0.05, 0.1) is 0 Å². The summed E-state index contributed by atoms with van der Waals surface area (Å²) in [5.41, 5.74) is 5.08. The Hall–Kier alpha value is -4.87. The minimum atomic E-state index is -0.260. The summed E-state index contributed by atoms with van der Waals surface area (Å²) in [4.78, 5) is 13.4. The standard InChI is InChI=1S/C37H30ClFN2O2/c38-29-15-19-31(20-16-29)43-32-10-6-9-28(21-32)34(22-37(42)40-23-26-7-2-1-3-8-26)35-25-41(36-12-5-4-11-33(35)36)24-27-13-17-30(39)18-14-27/h1-21,25,34H,22-24H2,(H,40,42). The summed E-state index contributed by atoms with van der Waals surface area (Å²) in [5, 5.41) is 4.81. The fourth-order valence-corrected chi connectivity index (χ4v) is 5.49. The largest absolute Gasteiger partial charge is 0.457 e. The average Bonchev–Trinajstić information content (AvgIpc) is 3.39. The minimum Gasteiger partial charge on any atom is -0.457 e. The molecule has 0 aliphatic heterocycles. The maximum absolute atomic E-state index is 13.6. The molecule has 0 spiro atoms. The molecule has 1 unspecified atom stereocenters. The number of aromatic nitrogens is 1. The smallest absolute Gasteiger partial charge is 0.221 e. The molecule has 1 amide bonds. The first-order valence-corrected chi connectivity index (χ1v) is 14.6. The first-order valence-electron chi connectivity index (χ1n) is 14.2. The Kier molecular flexibility index (Phi) is 8.52. The fraction of sp³-hybridized carbons (Fsp3) is 0.108. The SMILES string of the molecule is O=C(CC(c1cccc(Oc2ccc(Cl)cc2)c1)c1cn(Cc2ccc(F)cc2)c2ccccc12)NCc1ccccc1. The zero-order valence-corrected chi connectivity index (χ0v) is 24.2. The van der Waals surface area contributed by atoms with Gasteiger partial charge in [0.15, 0.2) is 0 Å². The number of nitrogens with zero attached hydrogens (tertiary/aromatic N) is 1. The van der Waals surface area contributed by atoms with Crippen molar-refractivity contribution in [2.24, 2.45) is 0 Å². The molecule has 0 saturated carbocycles. The van der Waals surface area contributed by atoms with Crippen LogP contribution < -0.4 is 10.1 Å². The van der Waals surface area contributed by atoms with Crippen LogP contribution in [0.3, 0.4) is 0 Å². The predicted octanol–water partition coefficient (Wildman–Crippen LogP) is 9.11. The van der Waals surface area contributed by atoms with E-state index in [0.29, 0.717) is 29.6 Å². The Bertz CT molecular complexity index is 1830. The minimum absolute atomic E-state index is 0.0479. The number of para-hydroxylation sites is 1. The van der Waals surface area contributed by atoms with Crippen molar-refractivity contribution in [1.29, 1.82) is 0 Å². The van der Waals surface area contributed by atoms with E-state index >= 15 is 0 Å². The summed E-state index contributed by atoms with van der Waals surface area (Å²) in [5.74, 6) is 0.792. The Morgan fingerprint density at radius 3 is 2.33 bits per heavy atom. The molecule has 1 heterocycles. The molecule has 0 saturated heterocycles. The molecule has 1 aromatic heterocycles. The van der Waals surface area contributed by atoms with Crippen LogP contribution in [0.4, 0.5) is 4.39 Å². The second-order valence-electron chi connectivity index (χ2n) is 10.5. The van der Waals surface area contributed by atoms with E-state index < -0.39 is 0 Å². The maximum atomic E-state index is 13.6. The van der Waals surface area contributed by atoms with Gasteiger partial charge in [0.1, 0.15) is 17.3 Å². The van der Waals surface area contributed by atoms with E-state index in [1.807, 2.05) is 78.9 Å². The average molecular weight is 589 g/mol. The second-order valence-corrected chi connectivity index (χ2v) is 10.9. The molecule has 6 aromatic rings. The lowest BCUT2D eigenvalue weighted by Gasteiger charge is -2.18. The van der Waals surface area contributed by atoms with Crippen LogP contribution in [0.2, 0.25) is 5.02 Å². The molecule has 214 valence electrons. The molecule has 4 nitrogen and oxygen atoms in total. The molecule has 0 fully saturated rings. The number of carbonyl (C=O) groups excluding carboxylic acids is 1. The number of hydrogen-bond donors (Lipinski definition) is 1. The van der Waals surface area contributed by atoms with E-state index in [2.05, 4.69) is 28.2 Å². The Balaban J connectivity index is 1.36. The molecule has 0 radical (unpaired) electrons. The molecule has 6 rings (SSSR count). The van der Waals surface area contributed by atoms with Gasteiger partial charge in [-0.25, -0.2) is 4.39 Å². The van der Waals surface area contributed by atoms with E-state index in [1.54, 1.807) is 24.3 Å². The zero-order chi connectivity index (χ0) is 29.6. The highest BCUT2D eigenvalue weighted by molar-refractivity contribution is 6.30. The number of amides is 1. The van der Waals surface area contributed by atoms with Crippen LogP contribution >= 0.6 is 11.6 Å². The van der Waals surface area contributed by atoms with Gasteiger partial charge in [-0.15, -0.1) is 0 Å². The lowest BCUT2D eigenvalue weighted by atomic mass is 9.88. The molecule has 0 aliphatic carbocycles. The van der Waals surface area contributed by atoms with Crippen LogP contribution in [0, 0.1) is 5.82 Å². The van der Waals surface area contributed by atoms with Gasteiger partial charge in [0, 0.05) is 47.6 Å². The summed E-state index contributed by atoms with van der Waals surface area (Å²) in [6.45, 7) is 1.03. The first kappa shape index (κ1) is 28.3. The van der Waals surface area contributed by atoms with Crippen molar-refractivity contribution in [1.82, 2.24) is 9.88 Å². The van der Waals surface area contributed by atoms with Crippen molar-refractivity contribution < 1.29 is 13.9 Å². The Morgan fingerprint density at radius 2 is 1.53 bits per heavy atom. The van der Waals surface area contributed by atoms with Gasteiger partial charge in [-0.2, -0.15) is 0 Å². The van der Waals surface area contributed by atoms with Gasteiger partial charge < -0.3 is 14.6 Å². The molecule has 1 atom stereocenters. The fourth-order valence-electron chi connectivity index (χ4n) is 5.37. The summed E-state index contributed by atoms with van der Waals surface area (Å²) < 4.78 is 21.9. The zero-order valence-electron chi connectivity index (χ0n) is 23.4. The lowest BCUT2D eigenvalue weighted by molar-refractivity contribution is -0.121. The highest BCUT2D eigenvalue weighted by Crippen LogP contribution is 2.37. The molecular weight excluding hydrogens is 559 g/mol. The highest BCUT2D eigenvalue weighted by atomic mass is 35.5. The van der Waals surface area contributed by atoms with Crippen molar-refractivity contribution >= 4 is 28.4 Å². The van der Waals surface area contributed by atoms with E-state index in [4.69, 9.17) is 16.3 Å². The van der Waals surface area contributed by atoms with Crippen molar-refractivity contribution in [3.05, 3.63) is 167 Å². The Labute approximate surface area is 255 Å². The maximum Gasteiger partial charge on any atom is 0.221 e. The van der Waals surface area contributed by atoms with Crippen LogP contribution in [0.25, 0.3) is 10.9 Å². The number of benzene rings is 5. The van der Waals surface area contributed by atoms with Gasteiger partial charge >= 0.3 is 0 Å². The topological polar surface area (TPSA) is 43.3 Å². The molecule has 1 N–H and O–H groups in total. The van der Waals surface area contributed by atoms with Gasteiger partial charge in [-0.3, -0.25) is 4.79 Å². The molecule has 0 bridgehead atoms. The van der Waals surface area contributed by atoms with Gasteiger partial charge in [0.2, 0.25) is 5.91 Å². The second kappa shape index (κ2) is 13.0. The van der Waals surface area contributed by atoms with E-state index in [-0.39, 0.29) is 24.1 Å². The van der Waals surface area contributed by atoms with E-state index in [0.717, 1.165) is 33.2 Å². The molecule has 6 heteroatoms.